The average Bonchev–Trinajstić information content (AvgIpc) is 4.06. The van der Waals surface area contributed by atoms with E-state index in [-0.39, 0.29) is 31.1 Å². The molecule has 56 heavy (non-hydrogen) atoms. The third-order valence-electron chi connectivity index (χ3n) is 12.2. The number of rotatable bonds is 6. The van der Waals surface area contributed by atoms with E-state index in [4.69, 9.17) is 9.15 Å². The smallest absolute Gasteiger partial charge is 0.408 e. The summed E-state index contributed by atoms with van der Waals surface area (Å²) in [5.74, 6) is -2.48. The molecule has 1 saturated heterocycles. The lowest BCUT2D eigenvalue weighted by Crippen LogP contribution is -2.58. The number of aromatic nitrogens is 2. The van der Waals surface area contributed by atoms with Gasteiger partial charge in [-0.15, -0.1) is 0 Å². The fraction of sp³-hybridized carbons (Fsp3) is 0.500. The highest BCUT2D eigenvalue weighted by molar-refractivity contribution is 7.91. The van der Waals surface area contributed by atoms with Crippen molar-refractivity contribution in [1.82, 2.24) is 30.0 Å². The van der Waals surface area contributed by atoms with Gasteiger partial charge in [0.1, 0.15) is 29.3 Å². The molecule has 9 rings (SSSR count). The summed E-state index contributed by atoms with van der Waals surface area (Å²) in [7, 11) is -3.92. The van der Waals surface area contributed by atoms with Crippen LogP contribution in [0.15, 0.2) is 64.0 Å². The van der Waals surface area contributed by atoms with Crippen LogP contribution < -0.4 is 20.9 Å². The number of hydrogen-bond acceptors (Lipinski definition) is 10. The number of carbonyl (C=O) groups excluding carboxylic acids is 4. The van der Waals surface area contributed by atoms with Crippen molar-refractivity contribution in [3.05, 3.63) is 65.1 Å². The Morgan fingerprint density at radius 1 is 0.964 bits per heavy atom. The van der Waals surface area contributed by atoms with Crippen molar-refractivity contribution in [2.75, 3.05) is 6.54 Å². The van der Waals surface area contributed by atoms with Gasteiger partial charge in [-0.2, -0.15) is 5.10 Å². The van der Waals surface area contributed by atoms with Gasteiger partial charge in [0.25, 0.3) is 5.91 Å². The van der Waals surface area contributed by atoms with Crippen LogP contribution >= 0.6 is 0 Å². The molecule has 0 spiro atoms. The number of carbonyl (C=O) groups is 4. The maximum atomic E-state index is 14.6. The Balaban J connectivity index is 1.06. The van der Waals surface area contributed by atoms with Gasteiger partial charge in [-0.25, -0.2) is 17.9 Å². The van der Waals surface area contributed by atoms with Crippen molar-refractivity contribution in [1.29, 1.82) is 0 Å². The predicted octanol–water partition coefficient (Wildman–Crippen LogP) is 4.09. The Bertz CT molecular complexity index is 2470. The topological polar surface area (TPSA) is 199 Å². The van der Waals surface area contributed by atoms with E-state index in [2.05, 4.69) is 20.5 Å². The van der Waals surface area contributed by atoms with Gasteiger partial charge in [-0.05, 0) is 74.6 Å². The van der Waals surface area contributed by atoms with E-state index in [0.717, 1.165) is 48.3 Å². The highest BCUT2D eigenvalue weighted by Gasteiger charge is 2.62. The summed E-state index contributed by atoms with van der Waals surface area (Å²) >= 11 is 0. The molecule has 4 unspecified atom stereocenters. The second-order valence-corrected chi connectivity index (χ2v) is 17.9. The second-order valence-electron chi connectivity index (χ2n) is 16.0. The van der Waals surface area contributed by atoms with Crippen LogP contribution in [0, 0.1) is 5.92 Å². The van der Waals surface area contributed by atoms with Crippen molar-refractivity contribution in [3.63, 3.8) is 0 Å². The molecule has 2 aliphatic heterocycles. The van der Waals surface area contributed by atoms with Crippen LogP contribution in [0.5, 0.6) is 0 Å². The number of sulfonamides is 1. The summed E-state index contributed by atoms with van der Waals surface area (Å²) in [6.45, 7) is -0.104. The van der Waals surface area contributed by atoms with Gasteiger partial charge < -0.3 is 24.7 Å². The van der Waals surface area contributed by atoms with Gasteiger partial charge in [0.2, 0.25) is 27.4 Å². The minimum Gasteiger partial charge on any atom is -0.450 e. The fourth-order valence-corrected chi connectivity index (χ4v) is 9.85. The number of nitrogens with zero attached hydrogens (tertiary/aromatic N) is 3. The molecule has 5 atom stereocenters. The molecule has 0 bridgehead atoms. The minimum atomic E-state index is -3.92. The molecule has 2 aromatic heterocycles. The Morgan fingerprint density at radius 3 is 2.57 bits per heavy atom. The van der Waals surface area contributed by atoms with Gasteiger partial charge in [0.15, 0.2) is 0 Å². The van der Waals surface area contributed by atoms with Crippen LogP contribution in [0.1, 0.15) is 83.1 Å². The van der Waals surface area contributed by atoms with Gasteiger partial charge in [-0.1, -0.05) is 55.3 Å². The monoisotopic (exact) mass is 784 g/mol. The largest absolute Gasteiger partial charge is 0.450 e. The molecule has 4 aromatic rings. The first-order valence-corrected chi connectivity index (χ1v) is 21.2. The third-order valence-corrected chi connectivity index (χ3v) is 14.0. The molecule has 294 valence electrons. The highest BCUT2D eigenvalue weighted by atomic mass is 32.2. The van der Waals surface area contributed by atoms with E-state index in [9.17, 15) is 32.4 Å². The van der Waals surface area contributed by atoms with Crippen LogP contribution in [0.25, 0.3) is 32.7 Å². The summed E-state index contributed by atoms with van der Waals surface area (Å²) in [4.78, 5) is 71.4. The standard InChI is InChI=1S/C40H44N6O9S/c47-35-31-19-25(46-37(49)34-29(21-41-46)33-28-13-7-6-9-23(28)15-18-32(33)55-34)22-45(31)36(48)30(42-39(51)54-26-11-8-12-26)14-5-3-1-2-4-10-24-20-40(24,43-35)38(50)44-56(52,53)27-16-17-27/h4,6-7,9-10,13,15,18,21,24-27,30-31H,1-3,5,8,11-12,14,16-17,19-20,22H2,(H,42,51)(H,43,47)(H,44,50)/b10-4-/t24?,25?,30?,31-,40?/m0/s1. The number of amides is 4. The number of fused-ring (bicyclic) bond motifs is 7. The van der Waals surface area contributed by atoms with Crippen LogP contribution in [0.3, 0.4) is 0 Å². The lowest BCUT2D eigenvalue weighted by atomic mass is 9.96. The fourth-order valence-electron chi connectivity index (χ4n) is 8.48. The number of ether oxygens (including phenoxy) is 1. The van der Waals surface area contributed by atoms with Crippen molar-refractivity contribution >= 4 is 66.5 Å². The van der Waals surface area contributed by atoms with Gasteiger partial charge in [0, 0.05) is 24.3 Å². The van der Waals surface area contributed by atoms with Gasteiger partial charge in [0.05, 0.1) is 22.9 Å². The summed E-state index contributed by atoms with van der Waals surface area (Å²) in [6, 6.07) is 8.48. The number of furan rings is 1. The molecule has 0 radical (unpaired) electrons. The van der Waals surface area contributed by atoms with E-state index in [0.29, 0.717) is 43.1 Å². The number of hydrogen-bond donors (Lipinski definition) is 3. The van der Waals surface area contributed by atoms with Gasteiger partial charge >= 0.3 is 11.7 Å². The van der Waals surface area contributed by atoms with E-state index < -0.39 is 74.2 Å². The lowest BCUT2D eigenvalue weighted by molar-refractivity contribution is -0.141. The molecule has 4 amide bonds. The Labute approximate surface area is 322 Å². The lowest BCUT2D eigenvalue weighted by Gasteiger charge is -2.31. The molecule has 3 aliphatic carbocycles. The van der Waals surface area contributed by atoms with Crippen molar-refractivity contribution < 1.29 is 36.7 Å². The SMILES string of the molecule is O=C(NC1CCCCC/C=C\C2CC2(C(=O)NS(=O)(=O)C2CC2)NC(=O)[C@@H]2CC(n3ncc4c(oc5ccc6ccccc6c54)c3=O)CN2C1=O)OC1CCC1. The maximum absolute atomic E-state index is 14.6. The first kappa shape index (κ1) is 36.4. The molecule has 16 heteroatoms. The molecule has 15 nitrogen and oxygen atoms in total. The minimum absolute atomic E-state index is 0.0447. The van der Waals surface area contributed by atoms with Crippen LogP contribution in [-0.4, -0.2) is 82.4 Å². The number of benzene rings is 2. The van der Waals surface area contributed by atoms with Crippen molar-refractivity contribution in [2.45, 2.75) is 112 Å². The van der Waals surface area contributed by atoms with E-state index in [1.807, 2.05) is 48.6 Å². The number of alkyl carbamates (subject to hydrolysis) is 1. The quantitative estimate of drug-likeness (QED) is 0.240. The molecular formula is C40H44N6O9S. The summed E-state index contributed by atoms with van der Waals surface area (Å²) in [6.07, 6.45) is 11.0. The van der Waals surface area contributed by atoms with Crippen LogP contribution in [-0.2, 0) is 29.1 Å². The van der Waals surface area contributed by atoms with Crippen molar-refractivity contribution in [2.24, 2.45) is 5.92 Å². The molecule has 4 fully saturated rings. The molecule has 3 N–H and O–H groups in total. The first-order valence-electron chi connectivity index (χ1n) is 19.7. The molecule has 5 aliphatic rings. The molecular weight excluding hydrogens is 741 g/mol. The zero-order valence-corrected chi connectivity index (χ0v) is 31.6. The van der Waals surface area contributed by atoms with Crippen LogP contribution in [0.2, 0.25) is 0 Å². The molecule has 2 aromatic carbocycles. The van der Waals surface area contributed by atoms with Crippen molar-refractivity contribution in [3.8, 4) is 0 Å². The van der Waals surface area contributed by atoms with Crippen LogP contribution in [0.4, 0.5) is 4.79 Å². The van der Waals surface area contributed by atoms with E-state index >= 15 is 0 Å². The average molecular weight is 785 g/mol. The highest BCUT2D eigenvalue weighted by Crippen LogP contribution is 2.46. The first-order chi connectivity index (χ1) is 27.0. The Kier molecular flexibility index (Phi) is 9.13. The Hall–Kier alpha value is -5.25. The zero-order valence-electron chi connectivity index (χ0n) is 30.8. The third kappa shape index (κ3) is 6.60. The molecule has 3 saturated carbocycles. The van der Waals surface area contributed by atoms with Gasteiger partial charge in [-0.3, -0.25) is 23.9 Å². The second kappa shape index (κ2) is 14.0. The summed E-state index contributed by atoms with van der Waals surface area (Å²) in [5, 5.41) is 12.7. The number of allylic oxidation sites excluding steroid dienone is 1. The van der Waals surface area contributed by atoms with E-state index in [1.165, 1.54) is 9.58 Å². The normalized spacial score (nSPS) is 28.0. The maximum Gasteiger partial charge on any atom is 0.408 e. The number of nitrogens with one attached hydrogen (secondary N) is 3. The molecule has 4 heterocycles. The summed E-state index contributed by atoms with van der Waals surface area (Å²) < 4.78 is 40.8. The predicted molar refractivity (Wildman–Crippen MR) is 205 cm³/mol. The van der Waals surface area contributed by atoms with E-state index in [1.54, 1.807) is 6.20 Å². The Morgan fingerprint density at radius 2 is 1.79 bits per heavy atom. The zero-order chi connectivity index (χ0) is 38.8. The summed E-state index contributed by atoms with van der Waals surface area (Å²) in [5.41, 5.74) is -1.47.